The normalized spacial score (nSPS) is 14.7. The van der Waals surface area contributed by atoms with Gasteiger partial charge in [0.15, 0.2) is 0 Å². The molecule has 0 atom stereocenters. The fourth-order valence-corrected chi connectivity index (χ4v) is 3.92. The van der Waals surface area contributed by atoms with Crippen LogP contribution in [0.2, 0.25) is 5.02 Å². The maximum absolute atomic E-state index is 13.5. The van der Waals surface area contributed by atoms with E-state index in [-0.39, 0.29) is 29.0 Å². The van der Waals surface area contributed by atoms with E-state index < -0.39 is 11.8 Å². The monoisotopic (exact) mass is 445 g/mol. The molecule has 0 unspecified atom stereocenters. The van der Waals surface area contributed by atoms with Crippen LogP contribution in [0.1, 0.15) is 29.6 Å². The second kappa shape index (κ2) is 8.93. The molecule has 7 nitrogen and oxygen atoms in total. The zero-order chi connectivity index (χ0) is 22.0. The highest BCUT2D eigenvalue weighted by molar-refractivity contribution is 6.33. The lowest BCUT2D eigenvalue weighted by Crippen LogP contribution is -2.41. The smallest absolute Gasteiger partial charge is 0.305 e. The van der Waals surface area contributed by atoms with Gasteiger partial charge in [0, 0.05) is 31.3 Å². The van der Waals surface area contributed by atoms with Crippen molar-refractivity contribution in [2.45, 2.75) is 31.9 Å². The molecule has 2 heterocycles. The van der Waals surface area contributed by atoms with Gasteiger partial charge in [-0.3, -0.25) is 14.3 Å². The van der Waals surface area contributed by atoms with Gasteiger partial charge in [-0.15, -0.1) is 0 Å². The number of carbonyl (C=O) groups is 2. The highest BCUT2D eigenvalue weighted by Crippen LogP contribution is 2.26. The largest absolute Gasteiger partial charge is 0.490 e. The summed E-state index contributed by atoms with van der Waals surface area (Å²) in [6.45, 7) is 1.29. The molecule has 1 fully saturated rings. The number of aryl methyl sites for hydroxylation is 1. The van der Waals surface area contributed by atoms with Crippen LogP contribution >= 0.6 is 11.6 Å². The lowest BCUT2D eigenvalue weighted by molar-refractivity contribution is -0.137. The molecule has 2 aromatic carbocycles. The van der Waals surface area contributed by atoms with Crippen LogP contribution < -0.4 is 4.74 Å². The van der Waals surface area contributed by atoms with E-state index in [1.165, 1.54) is 18.2 Å². The minimum Gasteiger partial charge on any atom is -0.490 e. The molecular formula is C22H21ClFN3O4. The van der Waals surface area contributed by atoms with E-state index in [1.54, 1.807) is 15.8 Å². The Bertz CT molecular complexity index is 1130. The molecule has 31 heavy (non-hydrogen) atoms. The van der Waals surface area contributed by atoms with Crippen molar-refractivity contribution < 1.29 is 23.8 Å². The van der Waals surface area contributed by atoms with Gasteiger partial charge in [-0.05, 0) is 36.4 Å². The number of nitrogens with zero attached hydrogens (tertiary/aromatic N) is 3. The van der Waals surface area contributed by atoms with E-state index in [4.69, 9.17) is 21.4 Å². The van der Waals surface area contributed by atoms with Crippen molar-refractivity contribution in [2.24, 2.45) is 0 Å². The zero-order valence-corrected chi connectivity index (χ0v) is 17.4. The first-order chi connectivity index (χ1) is 14.9. The van der Waals surface area contributed by atoms with E-state index >= 15 is 0 Å². The number of fused-ring (bicyclic) bond motifs is 1. The molecule has 162 valence electrons. The average molecular weight is 446 g/mol. The van der Waals surface area contributed by atoms with E-state index in [0.717, 1.165) is 10.9 Å². The summed E-state index contributed by atoms with van der Waals surface area (Å²) < 4.78 is 21.2. The summed E-state index contributed by atoms with van der Waals surface area (Å²) in [5.41, 5.74) is 1.02. The highest BCUT2D eigenvalue weighted by Gasteiger charge is 2.26. The number of benzene rings is 2. The molecule has 9 heteroatoms. The molecule has 4 rings (SSSR count). The Morgan fingerprint density at radius 1 is 1.19 bits per heavy atom. The van der Waals surface area contributed by atoms with Crippen LogP contribution in [0.25, 0.3) is 10.9 Å². The number of aliphatic carboxylic acids is 1. The summed E-state index contributed by atoms with van der Waals surface area (Å²) >= 11 is 6.06. The predicted octanol–water partition coefficient (Wildman–Crippen LogP) is 3.99. The lowest BCUT2D eigenvalue weighted by Gasteiger charge is -2.32. The maximum Gasteiger partial charge on any atom is 0.305 e. The number of carboxylic acid groups (broad SMARTS) is 1. The standard InChI is InChI=1S/C22H21ClFN3O4/c23-19-3-1-15(24)12-18(19)22(30)26-8-5-16(6-9-26)31-17-2-4-20-14(11-17)13-25-27(20)10-7-21(28)29/h1-4,11-13,16H,5-10H2,(H,28,29). The van der Waals surface area contributed by atoms with Crippen LogP contribution in [0.4, 0.5) is 4.39 Å². The van der Waals surface area contributed by atoms with Gasteiger partial charge in [-0.2, -0.15) is 5.10 Å². The zero-order valence-electron chi connectivity index (χ0n) is 16.6. The van der Waals surface area contributed by atoms with Gasteiger partial charge in [-0.25, -0.2) is 4.39 Å². The Hall–Kier alpha value is -3.13. The number of ether oxygens (including phenoxy) is 1. The third-order valence-electron chi connectivity index (χ3n) is 5.34. The molecule has 0 bridgehead atoms. The second-order valence-corrected chi connectivity index (χ2v) is 7.87. The number of rotatable bonds is 6. The molecule has 1 aliphatic heterocycles. The Kier molecular flexibility index (Phi) is 6.08. The third kappa shape index (κ3) is 4.80. The van der Waals surface area contributed by atoms with Crippen LogP contribution in [0, 0.1) is 5.82 Å². The Morgan fingerprint density at radius 3 is 2.71 bits per heavy atom. The molecule has 1 amide bonds. The summed E-state index contributed by atoms with van der Waals surface area (Å²) in [5.74, 6) is -0.942. The minimum absolute atomic E-state index is 0.00710. The van der Waals surface area contributed by atoms with Crippen LogP contribution in [0.3, 0.4) is 0 Å². The minimum atomic E-state index is -0.868. The molecule has 0 aliphatic carbocycles. The molecule has 1 aromatic heterocycles. The first-order valence-electron chi connectivity index (χ1n) is 9.99. The number of carbonyl (C=O) groups excluding carboxylic acids is 1. The first kappa shape index (κ1) is 21.1. The predicted molar refractivity (Wildman–Crippen MR) is 113 cm³/mol. The number of carboxylic acids is 1. The van der Waals surface area contributed by atoms with Crippen molar-refractivity contribution in [2.75, 3.05) is 13.1 Å². The number of amides is 1. The van der Waals surface area contributed by atoms with Crippen LogP contribution in [0.5, 0.6) is 5.75 Å². The molecule has 1 saturated heterocycles. The second-order valence-electron chi connectivity index (χ2n) is 7.47. The first-order valence-corrected chi connectivity index (χ1v) is 10.4. The number of hydrogen-bond acceptors (Lipinski definition) is 4. The van der Waals surface area contributed by atoms with Gasteiger partial charge in [-0.1, -0.05) is 11.6 Å². The van der Waals surface area contributed by atoms with Crippen LogP contribution in [0.15, 0.2) is 42.6 Å². The molecule has 0 saturated carbocycles. The van der Waals surface area contributed by atoms with E-state index in [0.29, 0.717) is 38.2 Å². The van der Waals surface area contributed by atoms with E-state index in [2.05, 4.69) is 5.10 Å². The summed E-state index contributed by atoms with van der Waals surface area (Å²) in [6, 6.07) is 9.37. The molecule has 3 aromatic rings. The fourth-order valence-electron chi connectivity index (χ4n) is 3.72. The molecule has 1 N–H and O–H groups in total. The van der Waals surface area contributed by atoms with Gasteiger partial charge >= 0.3 is 5.97 Å². The summed E-state index contributed by atoms with van der Waals surface area (Å²) in [4.78, 5) is 25.1. The highest BCUT2D eigenvalue weighted by atomic mass is 35.5. The number of halogens is 2. The van der Waals surface area contributed by atoms with Crippen molar-refractivity contribution in [3.8, 4) is 5.75 Å². The Morgan fingerprint density at radius 2 is 1.97 bits per heavy atom. The number of likely N-dealkylation sites (tertiary alicyclic amines) is 1. The average Bonchev–Trinajstić information content (AvgIpc) is 3.16. The molecule has 0 radical (unpaired) electrons. The van der Waals surface area contributed by atoms with Crippen molar-refractivity contribution in [3.63, 3.8) is 0 Å². The van der Waals surface area contributed by atoms with Crippen molar-refractivity contribution in [1.82, 2.24) is 14.7 Å². The van der Waals surface area contributed by atoms with Crippen LogP contribution in [-0.4, -0.2) is 50.9 Å². The Balaban J connectivity index is 1.36. The van der Waals surface area contributed by atoms with Crippen LogP contribution in [-0.2, 0) is 11.3 Å². The fraction of sp³-hybridized carbons (Fsp3) is 0.318. The topological polar surface area (TPSA) is 84.7 Å². The van der Waals surface area contributed by atoms with Gasteiger partial charge in [0.1, 0.15) is 17.7 Å². The number of hydrogen-bond donors (Lipinski definition) is 1. The van der Waals surface area contributed by atoms with Gasteiger partial charge in [0.25, 0.3) is 5.91 Å². The van der Waals surface area contributed by atoms with Crippen molar-refractivity contribution in [1.29, 1.82) is 0 Å². The number of aromatic nitrogens is 2. The molecular weight excluding hydrogens is 425 g/mol. The number of piperidine rings is 1. The van der Waals surface area contributed by atoms with Gasteiger partial charge in [0.2, 0.25) is 0 Å². The lowest BCUT2D eigenvalue weighted by atomic mass is 10.1. The summed E-state index contributed by atoms with van der Waals surface area (Å²) in [6.07, 6.45) is 2.94. The Labute approximate surface area is 183 Å². The van der Waals surface area contributed by atoms with Gasteiger partial charge in [0.05, 0.1) is 35.3 Å². The molecule has 1 aliphatic rings. The van der Waals surface area contributed by atoms with Crippen molar-refractivity contribution >= 4 is 34.4 Å². The maximum atomic E-state index is 13.5. The van der Waals surface area contributed by atoms with E-state index in [1.807, 2.05) is 18.2 Å². The summed E-state index contributed by atoms with van der Waals surface area (Å²) in [5, 5.41) is 14.2. The van der Waals surface area contributed by atoms with Gasteiger partial charge < -0.3 is 14.7 Å². The SMILES string of the molecule is O=C(O)CCn1ncc2cc(OC3CCN(C(=O)c4cc(F)ccc4Cl)CC3)ccc21. The molecule has 0 spiro atoms. The van der Waals surface area contributed by atoms with E-state index in [9.17, 15) is 14.0 Å². The van der Waals surface area contributed by atoms with Crippen molar-refractivity contribution in [3.05, 3.63) is 59.0 Å². The quantitative estimate of drug-likeness (QED) is 0.620. The summed E-state index contributed by atoms with van der Waals surface area (Å²) in [7, 11) is 0. The third-order valence-corrected chi connectivity index (χ3v) is 5.67.